The van der Waals surface area contributed by atoms with E-state index in [4.69, 9.17) is 22.1 Å². The van der Waals surface area contributed by atoms with E-state index in [0.717, 1.165) is 34.4 Å². The van der Waals surface area contributed by atoms with E-state index < -0.39 is 0 Å². The van der Waals surface area contributed by atoms with Crippen LogP contribution in [0.5, 0.6) is 0 Å². The van der Waals surface area contributed by atoms with E-state index in [9.17, 15) is 0 Å². The molecule has 3 aromatic rings. The van der Waals surface area contributed by atoms with Gasteiger partial charge in [0.2, 0.25) is 4.96 Å². The molecule has 1 saturated heterocycles. The number of benzene rings is 1. The van der Waals surface area contributed by atoms with Gasteiger partial charge in [-0.25, -0.2) is 0 Å². The third-order valence-corrected chi connectivity index (χ3v) is 4.80. The maximum Gasteiger partial charge on any atom is 0.234 e. The van der Waals surface area contributed by atoms with Crippen LogP contribution in [0.2, 0.25) is 5.02 Å². The molecule has 21 heavy (non-hydrogen) atoms. The first-order chi connectivity index (χ1) is 10.2. The summed E-state index contributed by atoms with van der Waals surface area (Å²) in [5, 5.41) is 14.4. The number of anilines is 1. The Morgan fingerprint density at radius 3 is 3.05 bits per heavy atom. The highest BCUT2D eigenvalue weighted by Crippen LogP contribution is 2.36. The van der Waals surface area contributed by atoms with Crippen LogP contribution >= 0.6 is 22.9 Å². The molecule has 0 radical (unpaired) electrons. The van der Waals surface area contributed by atoms with Gasteiger partial charge in [0.1, 0.15) is 0 Å². The maximum absolute atomic E-state index is 6.25. The van der Waals surface area contributed by atoms with Crippen LogP contribution in [0.25, 0.3) is 15.5 Å². The summed E-state index contributed by atoms with van der Waals surface area (Å²) in [7, 11) is 0. The Labute approximate surface area is 129 Å². The molecular formula is C13H12ClN5OS. The molecule has 0 spiro atoms. The number of hydrogen-bond donors (Lipinski definition) is 1. The second kappa shape index (κ2) is 4.94. The van der Waals surface area contributed by atoms with Gasteiger partial charge < -0.3 is 10.5 Å². The summed E-state index contributed by atoms with van der Waals surface area (Å²) in [6.45, 7) is 1.43. The molecule has 3 heterocycles. The Kier molecular flexibility index (Phi) is 3.06. The minimum Gasteiger partial charge on any atom is -0.398 e. The molecule has 0 aliphatic carbocycles. The Morgan fingerprint density at radius 2 is 2.29 bits per heavy atom. The summed E-state index contributed by atoms with van der Waals surface area (Å²) in [5.41, 5.74) is 7.38. The van der Waals surface area contributed by atoms with Crippen LogP contribution in [0.4, 0.5) is 5.69 Å². The van der Waals surface area contributed by atoms with E-state index in [-0.39, 0.29) is 5.92 Å². The highest BCUT2D eigenvalue weighted by molar-refractivity contribution is 7.20. The van der Waals surface area contributed by atoms with Gasteiger partial charge in [-0.3, -0.25) is 0 Å². The van der Waals surface area contributed by atoms with Gasteiger partial charge in [0.05, 0.1) is 17.2 Å². The van der Waals surface area contributed by atoms with Crippen molar-refractivity contribution in [1.82, 2.24) is 19.8 Å². The predicted molar refractivity (Wildman–Crippen MR) is 81.7 cm³/mol. The molecule has 1 fully saturated rings. The standard InChI is InChI=1S/C13H12ClN5OS/c14-8-2-1-3-9(15)10(8)12-18-19-11(7-4-5-20-6-7)16-17-13(19)21-12/h1-3,7H,4-6,15H2. The minimum atomic E-state index is 0.249. The van der Waals surface area contributed by atoms with Crippen molar-refractivity contribution in [1.29, 1.82) is 0 Å². The minimum absolute atomic E-state index is 0.249. The lowest BCUT2D eigenvalue weighted by molar-refractivity contribution is 0.193. The zero-order chi connectivity index (χ0) is 14.4. The number of aromatic nitrogens is 4. The fourth-order valence-corrected chi connectivity index (χ4v) is 3.75. The Bertz CT molecular complexity index is 788. The SMILES string of the molecule is Nc1cccc(Cl)c1-c1nn2c(C3CCOC3)nnc2s1. The van der Waals surface area contributed by atoms with Crippen LogP contribution in [-0.2, 0) is 4.74 Å². The molecule has 108 valence electrons. The monoisotopic (exact) mass is 321 g/mol. The number of nitrogens with zero attached hydrogens (tertiary/aromatic N) is 4. The number of ether oxygens (including phenoxy) is 1. The average molecular weight is 322 g/mol. The maximum atomic E-state index is 6.25. The fourth-order valence-electron chi connectivity index (χ4n) is 2.49. The van der Waals surface area contributed by atoms with Crippen LogP contribution in [0, 0.1) is 0 Å². The van der Waals surface area contributed by atoms with Gasteiger partial charge in [-0.15, -0.1) is 10.2 Å². The molecule has 1 aromatic carbocycles. The number of nitrogen functional groups attached to an aromatic ring is 1. The van der Waals surface area contributed by atoms with Crippen LogP contribution in [0.3, 0.4) is 0 Å². The first kappa shape index (κ1) is 13.0. The van der Waals surface area contributed by atoms with E-state index in [2.05, 4.69) is 15.3 Å². The first-order valence-corrected chi connectivity index (χ1v) is 7.77. The Hall–Kier alpha value is -1.70. The molecule has 2 aromatic heterocycles. The quantitative estimate of drug-likeness (QED) is 0.734. The topological polar surface area (TPSA) is 78.3 Å². The lowest BCUT2D eigenvalue weighted by atomic mass is 10.1. The van der Waals surface area contributed by atoms with Gasteiger partial charge in [-0.2, -0.15) is 9.61 Å². The van der Waals surface area contributed by atoms with Gasteiger partial charge >= 0.3 is 0 Å². The van der Waals surface area contributed by atoms with E-state index in [0.29, 0.717) is 17.3 Å². The predicted octanol–water partition coefficient (Wildman–Crippen LogP) is 2.59. The van der Waals surface area contributed by atoms with Crippen LogP contribution < -0.4 is 5.73 Å². The van der Waals surface area contributed by atoms with E-state index in [1.807, 2.05) is 12.1 Å². The lowest BCUT2D eigenvalue weighted by Crippen LogP contribution is -2.04. The summed E-state index contributed by atoms with van der Waals surface area (Å²) in [4.78, 5) is 0.742. The number of hydrogen-bond acceptors (Lipinski definition) is 6. The van der Waals surface area contributed by atoms with E-state index in [1.54, 1.807) is 10.6 Å². The van der Waals surface area contributed by atoms with Crippen LogP contribution in [-0.4, -0.2) is 33.0 Å². The van der Waals surface area contributed by atoms with E-state index >= 15 is 0 Å². The third kappa shape index (κ3) is 2.08. The van der Waals surface area contributed by atoms with Crippen LogP contribution in [0.15, 0.2) is 18.2 Å². The summed E-state index contributed by atoms with van der Waals surface area (Å²) in [6, 6.07) is 5.44. The molecular weight excluding hydrogens is 310 g/mol. The Morgan fingerprint density at radius 1 is 1.38 bits per heavy atom. The van der Waals surface area contributed by atoms with Gasteiger partial charge in [-0.05, 0) is 18.6 Å². The molecule has 1 aliphatic rings. The average Bonchev–Trinajstić information content (AvgIpc) is 3.13. The van der Waals surface area contributed by atoms with Crippen molar-refractivity contribution < 1.29 is 4.74 Å². The zero-order valence-corrected chi connectivity index (χ0v) is 12.6. The van der Waals surface area contributed by atoms with Gasteiger partial charge in [0, 0.05) is 18.2 Å². The third-order valence-electron chi connectivity index (χ3n) is 3.57. The zero-order valence-electron chi connectivity index (χ0n) is 11.0. The van der Waals surface area contributed by atoms with Crippen molar-refractivity contribution in [3.8, 4) is 10.6 Å². The summed E-state index contributed by atoms with van der Waals surface area (Å²) in [5.74, 6) is 1.09. The summed E-state index contributed by atoms with van der Waals surface area (Å²) >= 11 is 7.68. The molecule has 1 aliphatic heterocycles. The highest BCUT2D eigenvalue weighted by atomic mass is 35.5. The Balaban J connectivity index is 1.84. The fraction of sp³-hybridized carbons (Fsp3) is 0.308. The molecule has 0 bridgehead atoms. The van der Waals surface area contributed by atoms with Crippen molar-refractivity contribution in [2.24, 2.45) is 0 Å². The van der Waals surface area contributed by atoms with Crippen molar-refractivity contribution in [2.45, 2.75) is 12.3 Å². The number of nitrogens with two attached hydrogens (primary N) is 1. The van der Waals surface area contributed by atoms with Gasteiger partial charge in [-0.1, -0.05) is 29.0 Å². The molecule has 4 rings (SSSR count). The molecule has 0 amide bonds. The molecule has 6 nitrogen and oxygen atoms in total. The number of halogens is 1. The molecule has 1 unspecified atom stereocenters. The second-order valence-corrected chi connectivity index (χ2v) is 6.29. The van der Waals surface area contributed by atoms with Crippen LogP contribution in [0.1, 0.15) is 18.2 Å². The van der Waals surface area contributed by atoms with Gasteiger partial charge in [0.15, 0.2) is 10.8 Å². The second-order valence-electron chi connectivity index (χ2n) is 4.92. The largest absolute Gasteiger partial charge is 0.398 e. The normalized spacial score (nSPS) is 18.6. The first-order valence-electron chi connectivity index (χ1n) is 6.58. The molecule has 2 N–H and O–H groups in total. The highest BCUT2D eigenvalue weighted by Gasteiger charge is 2.25. The molecule has 8 heteroatoms. The smallest absolute Gasteiger partial charge is 0.234 e. The number of rotatable bonds is 2. The van der Waals surface area contributed by atoms with Crippen molar-refractivity contribution in [2.75, 3.05) is 18.9 Å². The summed E-state index contributed by atoms with van der Waals surface area (Å²) < 4.78 is 7.19. The van der Waals surface area contributed by atoms with Gasteiger partial charge in [0.25, 0.3) is 0 Å². The van der Waals surface area contributed by atoms with Crippen molar-refractivity contribution >= 4 is 33.6 Å². The van der Waals surface area contributed by atoms with E-state index in [1.165, 1.54) is 11.3 Å². The lowest BCUT2D eigenvalue weighted by Gasteiger charge is -2.04. The van der Waals surface area contributed by atoms with Crippen molar-refractivity contribution in [3.63, 3.8) is 0 Å². The molecule has 1 atom stereocenters. The summed E-state index contributed by atoms with van der Waals surface area (Å²) in [6.07, 6.45) is 0.946. The molecule has 0 saturated carbocycles. The number of fused-ring (bicyclic) bond motifs is 1. The van der Waals surface area contributed by atoms with Crippen molar-refractivity contribution in [3.05, 3.63) is 29.0 Å².